The van der Waals surface area contributed by atoms with Crippen molar-refractivity contribution >= 4 is 29.0 Å². The van der Waals surface area contributed by atoms with E-state index in [1.54, 1.807) is 29.4 Å². The number of carbonyl (C=O) groups is 1. The maximum absolute atomic E-state index is 12.8. The van der Waals surface area contributed by atoms with Gasteiger partial charge in [0.25, 0.3) is 5.91 Å². The zero-order valence-electron chi connectivity index (χ0n) is 16.8. The van der Waals surface area contributed by atoms with E-state index < -0.39 is 0 Å². The first-order chi connectivity index (χ1) is 15.3. The number of amides is 1. The summed E-state index contributed by atoms with van der Waals surface area (Å²) in [5, 5.41) is 5.06. The standard InChI is InChI=1S/C24H22N2O3S2/c27-24(22-8-1-2-9-23(22)31-16-20-15-30-17-26-20)25-12-18-5-3-6-19(11-18)13-28-14-21-7-4-10-29-21/h1-11,15,17H,12-14,16H2,(H,25,27). The maximum Gasteiger partial charge on any atom is 0.252 e. The Bertz CT molecular complexity index is 1100. The number of thioether (sulfide) groups is 1. The van der Waals surface area contributed by atoms with Gasteiger partial charge < -0.3 is 14.5 Å². The van der Waals surface area contributed by atoms with Crippen LogP contribution in [0.3, 0.4) is 0 Å². The normalized spacial score (nSPS) is 10.8. The van der Waals surface area contributed by atoms with Crippen molar-refractivity contribution in [1.29, 1.82) is 0 Å². The molecule has 0 bridgehead atoms. The smallest absolute Gasteiger partial charge is 0.252 e. The van der Waals surface area contributed by atoms with Crippen LogP contribution in [0.15, 0.2) is 87.1 Å². The van der Waals surface area contributed by atoms with Gasteiger partial charge in [0, 0.05) is 22.6 Å². The average Bonchev–Trinajstić information content (AvgIpc) is 3.51. The van der Waals surface area contributed by atoms with Gasteiger partial charge in [0.2, 0.25) is 0 Å². The molecule has 0 spiro atoms. The first kappa shape index (κ1) is 21.4. The minimum absolute atomic E-state index is 0.0825. The number of furan rings is 1. The van der Waals surface area contributed by atoms with Gasteiger partial charge in [0.05, 0.1) is 29.6 Å². The van der Waals surface area contributed by atoms with Crippen LogP contribution in [0.4, 0.5) is 0 Å². The highest BCUT2D eigenvalue weighted by atomic mass is 32.2. The molecule has 158 valence electrons. The molecule has 2 aromatic carbocycles. The van der Waals surface area contributed by atoms with E-state index in [-0.39, 0.29) is 5.91 Å². The van der Waals surface area contributed by atoms with Gasteiger partial charge in [-0.05, 0) is 35.4 Å². The highest BCUT2D eigenvalue weighted by Gasteiger charge is 2.12. The van der Waals surface area contributed by atoms with Gasteiger partial charge in [-0.3, -0.25) is 4.79 Å². The lowest BCUT2D eigenvalue weighted by Crippen LogP contribution is -2.23. The summed E-state index contributed by atoms with van der Waals surface area (Å²) in [4.78, 5) is 18.1. The number of thiazole rings is 1. The summed E-state index contributed by atoms with van der Waals surface area (Å²) >= 11 is 3.20. The quantitative estimate of drug-likeness (QED) is 0.315. The topological polar surface area (TPSA) is 64.4 Å². The van der Waals surface area contributed by atoms with Gasteiger partial charge in [-0.15, -0.1) is 23.1 Å². The Morgan fingerprint density at radius 3 is 2.81 bits per heavy atom. The number of hydrogen-bond acceptors (Lipinski definition) is 6. The zero-order valence-corrected chi connectivity index (χ0v) is 18.5. The van der Waals surface area contributed by atoms with E-state index in [0.717, 1.165) is 33.2 Å². The van der Waals surface area contributed by atoms with Crippen LogP contribution < -0.4 is 5.32 Å². The second kappa shape index (κ2) is 10.9. The van der Waals surface area contributed by atoms with Crippen molar-refractivity contribution in [2.75, 3.05) is 0 Å². The molecule has 0 unspecified atom stereocenters. The zero-order chi connectivity index (χ0) is 21.3. The van der Waals surface area contributed by atoms with E-state index in [4.69, 9.17) is 9.15 Å². The predicted molar refractivity (Wildman–Crippen MR) is 123 cm³/mol. The van der Waals surface area contributed by atoms with E-state index in [2.05, 4.69) is 10.3 Å². The molecular formula is C24H22N2O3S2. The molecule has 0 fully saturated rings. The molecule has 2 heterocycles. The van der Waals surface area contributed by atoms with Gasteiger partial charge in [-0.25, -0.2) is 4.98 Å². The fourth-order valence-electron chi connectivity index (χ4n) is 3.01. The Morgan fingerprint density at radius 2 is 1.97 bits per heavy atom. The molecule has 7 heteroatoms. The Labute approximate surface area is 189 Å². The van der Waals surface area contributed by atoms with Crippen molar-refractivity contribution < 1.29 is 13.9 Å². The predicted octanol–water partition coefficient (Wildman–Crippen LogP) is 5.68. The van der Waals surface area contributed by atoms with Crippen LogP contribution in [0.2, 0.25) is 0 Å². The van der Waals surface area contributed by atoms with E-state index >= 15 is 0 Å². The molecule has 2 aromatic heterocycles. The summed E-state index contributed by atoms with van der Waals surface area (Å²) in [7, 11) is 0. The first-order valence-electron chi connectivity index (χ1n) is 9.83. The van der Waals surface area contributed by atoms with Crippen LogP contribution in [0.25, 0.3) is 0 Å². The number of rotatable bonds is 10. The molecule has 4 rings (SSSR count). The minimum atomic E-state index is -0.0825. The third-order valence-electron chi connectivity index (χ3n) is 4.53. The second-order valence-corrected chi connectivity index (χ2v) is 8.58. The summed E-state index contributed by atoms with van der Waals surface area (Å²) < 4.78 is 11.0. The Hall–Kier alpha value is -2.87. The summed E-state index contributed by atoms with van der Waals surface area (Å²) in [5.74, 6) is 1.46. The summed E-state index contributed by atoms with van der Waals surface area (Å²) in [6.45, 7) is 1.37. The lowest BCUT2D eigenvalue weighted by molar-refractivity contribution is 0.0928. The number of ether oxygens (including phenoxy) is 1. The van der Waals surface area contributed by atoms with Crippen molar-refractivity contribution in [2.24, 2.45) is 0 Å². The monoisotopic (exact) mass is 450 g/mol. The highest BCUT2D eigenvalue weighted by molar-refractivity contribution is 7.98. The molecule has 0 aliphatic rings. The van der Waals surface area contributed by atoms with E-state index in [0.29, 0.717) is 25.3 Å². The van der Waals surface area contributed by atoms with E-state index in [1.807, 2.05) is 71.6 Å². The molecule has 1 amide bonds. The number of carbonyl (C=O) groups excluding carboxylic acids is 1. The van der Waals surface area contributed by atoms with E-state index in [1.165, 1.54) is 0 Å². The van der Waals surface area contributed by atoms with Crippen molar-refractivity contribution in [2.45, 2.75) is 30.4 Å². The first-order valence-corrected chi connectivity index (χ1v) is 11.8. The van der Waals surface area contributed by atoms with Gasteiger partial charge in [0.1, 0.15) is 12.4 Å². The SMILES string of the molecule is O=C(NCc1cccc(COCc2ccco2)c1)c1ccccc1SCc1cscn1. The molecule has 4 aromatic rings. The van der Waals surface area contributed by atoms with Crippen molar-refractivity contribution in [3.63, 3.8) is 0 Å². The highest BCUT2D eigenvalue weighted by Crippen LogP contribution is 2.26. The molecule has 1 N–H and O–H groups in total. The molecule has 0 saturated carbocycles. The molecule has 31 heavy (non-hydrogen) atoms. The van der Waals surface area contributed by atoms with Crippen LogP contribution >= 0.6 is 23.1 Å². The summed E-state index contributed by atoms with van der Waals surface area (Å²) in [5.41, 5.74) is 5.61. The third kappa shape index (κ3) is 6.30. The van der Waals surface area contributed by atoms with Gasteiger partial charge in [0.15, 0.2) is 0 Å². The van der Waals surface area contributed by atoms with Crippen LogP contribution in [0.5, 0.6) is 0 Å². The Balaban J connectivity index is 1.31. The summed E-state index contributed by atoms with van der Waals surface area (Å²) in [6.07, 6.45) is 1.64. The van der Waals surface area contributed by atoms with E-state index in [9.17, 15) is 4.79 Å². The fourth-order valence-corrected chi connectivity index (χ4v) is 4.63. The van der Waals surface area contributed by atoms with Gasteiger partial charge >= 0.3 is 0 Å². The molecule has 0 radical (unpaired) electrons. The number of aromatic nitrogens is 1. The molecule has 5 nitrogen and oxygen atoms in total. The number of hydrogen-bond donors (Lipinski definition) is 1. The lowest BCUT2D eigenvalue weighted by atomic mass is 10.1. The summed E-state index contributed by atoms with van der Waals surface area (Å²) in [6, 6.07) is 19.4. The number of nitrogens with one attached hydrogen (secondary N) is 1. The van der Waals surface area contributed by atoms with Crippen LogP contribution in [-0.4, -0.2) is 10.9 Å². The Kier molecular flexibility index (Phi) is 7.55. The number of benzene rings is 2. The van der Waals surface area contributed by atoms with Gasteiger partial charge in [-0.2, -0.15) is 0 Å². The number of nitrogens with zero attached hydrogens (tertiary/aromatic N) is 1. The largest absolute Gasteiger partial charge is 0.467 e. The lowest BCUT2D eigenvalue weighted by Gasteiger charge is -2.10. The van der Waals surface area contributed by atoms with Crippen LogP contribution in [-0.2, 0) is 30.2 Å². The minimum Gasteiger partial charge on any atom is -0.467 e. The van der Waals surface area contributed by atoms with Crippen LogP contribution in [0, 0.1) is 0 Å². The maximum atomic E-state index is 12.8. The molecular weight excluding hydrogens is 428 g/mol. The van der Waals surface area contributed by atoms with Crippen molar-refractivity contribution in [3.05, 3.63) is 106 Å². The second-order valence-electron chi connectivity index (χ2n) is 6.84. The molecule has 0 aliphatic heterocycles. The molecule has 0 saturated heterocycles. The van der Waals surface area contributed by atoms with Crippen molar-refractivity contribution in [1.82, 2.24) is 10.3 Å². The van der Waals surface area contributed by atoms with Gasteiger partial charge in [-0.1, -0.05) is 36.4 Å². The molecule has 0 aliphatic carbocycles. The Morgan fingerprint density at radius 1 is 1.06 bits per heavy atom. The van der Waals surface area contributed by atoms with Crippen molar-refractivity contribution in [3.8, 4) is 0 Å². The third-order valence-corrected chi connectivity index (χ3v) is 6.27. The molecule has 0 atom stereocenters. The van der Waals surface area contributed by atoms with Crippen LogP contribution in [0.1, 0.15) is 32.9 Å². The fraction of sp³-hybridized carbons (Fsp3) is 0.167. The average molecular weight is 451 g/mol.